The quantitative estimate of drug-likeness (QED) is 0.190. The van der Waals surface area contributed by atoms with Gasteiger partial charge >= 0.3 is 12.0 Å². The number of carboxylic acids is 1. The van der Waals surface area contributed by atoms with Crippen molar-refractivity contribution >= 4 is 17.9 Å². The summed E-state index contributed by atoms with van der Waals surface area (Å²) in [6, 6.07) is -0.425. The van der Waals surface area contributed by atoms with Gasteiger partial charge in [-0.25, -0.2) is 4.79 Å². The van der Waals surface area contributed by atoms with E-state index in [1.807, 2.05) is 13.8 Å². The molecule has 3 amide bonds. The molecule has 4 N–H and O–H groups in total. The second kappa shape index (κ2) is 15.0. The summed E-state index contributed by atoms with van der Waals surface area (Å²) in [5.41, 5.74) is -0.694. The van der Waals surface area contributed by atoms with Gasteiger partial charge in [0.1, 0.15) is 6.10 Å². The zero-order chi connectivity index (χ0) is 30.1. The Labute approximate surface area is 247 Å². The Morgan fingerprint density at radius 2 is 1.59 bits per heavy atom. The first-order valence-electron chi connectivity index (χ1n) is 16.3. The summed E-state index contributed by atoms with van der Waals surface area (Å²) in [6.45, 7) is 9.95. The molecule has 9 heteroatoms. The van der Waals surface area contributed by atoms with Crippen LogP contribution in [-0.4, -0.2) is 59.6 Å². The van der Waals surface area contributed by atoms with Gasteiger partial charge in [0.2, 0.25) is 5.91 Å². The molecule has 236 valence electrons. The molecule has 3 fully saturated rings. The second-order valence-corrected chi connectivity index (χ2v) is 14.0. The van der Waals surface area contributed by atoms with Crippen LogP contribution in [0.25, 0.3) is 0 Å². The Kier molecular flexibility index (Phi) is 12.3. The minimum absolute atomic E-state index is 0.00216. The van der Waals surface area contributed by atoms with E-state index in [0.29, 0.717) is 13.0 Å². The van der Waals surface area contributed by atoms with Gasteiger partial charge in [-0.2, -0.15) is 0 Å². The second-order valence-electron chi connectivity index (χ2n) is 14.0. The Balaban J connectivity index is 1.58. The highest BCUT2D eigenvalue weighted by Crippen LogP contribution is 2.37. The first-order valence-corrected chi connectivity index (χ1v) is 16.3. The number of urea groups is 1. The highest BCUT2D eigenvalue weighted by molar-refractivity contribution is 5.82. The Morgan fingerprint density at radius 1 is 0.927 bits per heavy atom. The van der Waals surface area contributed by atoms with Crippen molar-refractivity contribution in [3.63, 3.8) is 0 Å². The van der Waals surface area contributed by atoms with Crippen LogP contribution >= 0.6 is 0 Å². The number of unbranched alkanes of at least 4 members (excludes halogenated alkanes) is 5. The average Bonchev–Trinajstić information content (AvgIpc) is 3.36. The fourth-order valence-corrected chi connectivity index (χ4v) is 7.04. The van der Waals surface area contributed by atoms with Crippen LogP contribution < -0.4 is 16.0 Å². The molecule has 0 aromatic carbocycles. The third-order valence-electron chi connectivity index (χ3n) is 9.56. The molecule has 3 rings (SSSR count). The fraction of sp³-hybridized carbons (Fsp3) is 0.906. The van der Waals surface area contributed by atoms with Gasteiger partial charge in [-0.1, -0.05) is 85.0 Å². The van der Waals surface area contributed by atoms with Crippen LogP contribution in [-0.2, 0) is 19.1 Å². The van der Waals surface area contributed by atoms with Gasteiger partial charge in [-0.15, -0.1) is 0 Å². The molecule has 1 saturated heterocycles. The summed E-state index contributed by atoms with van der Waals surface area (Å²) in [4.78, 5) is 39.0. The van der Waals surface area contributed by atoms with Crippen molar-refractivity contribution in [2.45, 2.75) is 154 Å². The maximum Gasteiger partial charge on any atom is 0.315 e. The number of nitrogens with one attached hydrogen (secondary N) is 3. The van der Waals surface area contributed by atoms with Gasteiger partial charge in [-0.3, -0.25) is 9.59 Å². The van der Waals surface area contributed by atoms with Crippen LogP contribution in [0.1, 0.15) is 131 Å². The van der Waals surface area contributed by atoms with Crippen molar-refractivity contribution in [2.24, 2.45) is 17.3 Å². The molecule has 1 aliphatic heterocycles. The van der Waals surface area contributed by atoms with E-state index in [-0.39, 0.29) is 36.0 Å². The highest BCUT2D eigenvalue weighted by Gasteiger charge is 2.46. The lowest BCUT2D eigenvalue weighted by atomic mass is 9.76. The molecule has 9 nitrogen and oxygen atoms in total. The monoisotopic (exact) mass is 579 g/mol. The van der Waals surface area contributed by atoms with Gasteiger partial charge in [0.05, 0.1) is 12.5 Å². The van der Waals surface area contributed by atoms with E-state index in [1.54, 1.807) is 13.8 Å². The van der Waals surface area contributed by atoms with Crippen LogP contribution in [0.4, 0.5) is 4.79 Å². The third kappa shape index (κ3) is 9.84. The van der Waals surface area contributed by atoms with E-state index in [1.165, 1.54) is 32.1 Å². The molecule has 0 aromatic heterocycles. The first kappa shape index (κ1) is 33.6. The molecule has 1 heterocycles. The minimum atomic E-state index is -0.952. The van der Waals surface area contributed by atoms with Crippen LogP contribution in [0, 0.1) is 17.3 Å². The van der Waals surface area contributed by atoms with Crippen molar-refractivity contribution in [3.05, 3.63) is 0 Å². The lowest BCUT2D eigenvalue weighted by Gasteiger charge is -2.45. The number of carboxylic acid groups (broad SMARTS) is 1. The van der Waals surface area contributed by atoms with Crippen molar-refractivity contribution in [1.82, 2.24) is 16.0 Å². The fourth-order valence-electron chi connectivity index (χ4n) is 7.04. The molecular formula is C32H57N3O6. The van der Waals surface area contributed by atoms with E-state index < -0.39 is 29.2 Å². The van der Waals surface area contributed by atoms with E-state index in [4.69, 9.17) is 9.47 Å². The van der Waals surface area contributed by atoms with Gasteiger partial charge in [0.25, 0.3) is 0 Å². The summed E-state index contributed by atoms with van der Waals surface area (Å²) in [5, 5.41) is 19.6. The van der Waals surface area contributed by atoms with Gasteiger partial charge in [-0.05, 0) is 51.9 Å². The predicted octanol–water partition coefficient (Wildman–Crippen LogP) is 5.90. The van der Waals surface area contributed by atoms with Crippen molar-refractivity contribution in [3.8, 4) is 0 Å². The van der Waals surface area contributed by atoms with E-state index in [2.05, 4.69) is 22.9 Å². The summed E-state index contributed by atoms with van der Waals surface area (Å²) in [5.74, 6) is -3.23. The zero-order valence-electron chi connectivity index (χ0n) is 26.3. The number of ether oxygens (including phenoxy) is 2. The third-order valence-corrected chi connectivity index (χ3v) is 9.56. The summed E-state index contributed by atoms with van der Waals surface area (Å²) < 4.78 is 11.7. The largest absolute Gasteiger partial charge is 0.481 e. The number of aliphatic carboxylic acids is 1. The van der Waals surface area contributed by atoms with Crippen LogP contribution in [0.3, 0.4) is 0 Å². The van der Waals surface area contributed by atoms with Crippen molar-refractivity contribution < 1.29 is 29.0 Å². The number of carbonyl (C=O) groups excluding carboxylic acids is 2. The maximum atomic E-state index is 13.3. The highest BCUT2D eigenvalue weighted by atomic mass is 16.7. The number of hydrogen-bond acceptors (Lipinski definition) is 5. The standard InChI is InChI=1S/C32H57N3O6/c1-6-7-8-9-10-13-18-32(19-14-15-20-32)35-29(39)34-25-17-12-11-16-23(25)24(28(37)38)21-33-27(36)26-30(2,3)22-40-31(4,5)41-26/h23-26H,6-22H2,1-5H3,(H,33,36)(H,37,38)(H2,34,35,39). The smallest absolute Gasteiger partial charge is 0.315 e. The first-order chi connectivity index (χ1) is 19.4. The SMILES string of the molecule is CCCCCCCCC1(NC(=O)NC2CCCCC2C(CNC(=O)C2OC(C)(C)OCC2(C)C)C(=O)O)CCCC1. The lowest BCUT2D eigenvalue weighted by molar-refractivity contribution is -0.304. The van der Waals surface area contributed by atoms with Crippen molar-refractivity contribution in [1.29, 1.82) is 0 Å². The number of rotatable bonds is 14. The summed E-state index contributed by atoms with van der Waals surface area (Å²) >= 11 is 0. The molecule has 41 heavy (non-hydrogen) atoms. The van der Waals surface area contributed by atoms with Crippen molar-refractivity contribution in [2.75, 3.05) is 13.2 Å². The van der Waals surface area contributed by atoms with Gasteiger partial charge in [0.15, 0.2) is 5.79 Å². The number of carbonyl (C=O) groups is 3. The van der Waals surface area contributed by atoms with Crippen LogP contribution in [0.15, 0.2) is 0 Å². The molecule has 0 aromatic rings. The number of hydrogen-bond donors (Lipinski definition) is 4. The molecule has 0 radical (unpaired) electrons. The van der Waals surface area contributed by atoms with Gasteiger partial charge < -0.3 is 30.5 Å². The van der Waals surface area contributed by atoms with Crippen LogP contribution in [0.5, 0.6) is 0 Å². The van der Waals surface area contributed by atoms with E-state index in [0.717, 1.165) is 57.8 Å². The Morgan fingerprint density at radius 3 is 2.27 bits per heavy atom. The topological polar surface area (TPSA) is 126 Å². The molecule has 0 bridgehead atoms. The van der Waals surface area contributed by atoms with E-state index >= 15 is 0 Å². The molecular weight excluding hydrogens is 522 g/mol. The molecule has 4 atom stereocenters. The summed E-state index contributed by atoms with van der Waals surface area (Å²) in [6.07, 6.45) is 15.2. The van der Waals surface area contributed by atoms with Gasteiger partial charge in [0, 0.05) is 23.5 Å². The normalized spacial score (nSPS) is 27.5. The molecule has 0 spiro atoms. The molecule has 4 unspecified atom stereocenters. The number of amides is 3. The Bertz CT molecular complexity index is 869. The summed E-state index contributed by atoms with van der Waals surface area (Å²) in [7, 11) is 0. The molecule has 2 saturated carbocycles. The zero-order valence-corrected chi connectivity index (χ0v) is 26.3. The lowest BCUT2D eigenvalue weighted by Crippen LogP contribution is -2.58. The maximum absolute atomic E-state index is 13.3. The average molecular weight is 580 g/mol. The minimum Gasteiger partial charge on any atom is -0.481 e. The molecule has 3 aliphatic rings. The Hall–Kier alpha value is -1.87. The van der Waals surface area contributed by atoms with E-state index in [9.17, 15) is 19.5 Å². The van der Waals surface area contributed by atoms with Crippen LogP contribution in [0.2, 0.25) is 0 Å². The predicted molar refractivity (Wildman–Crippen MR) is 159 cm³/mol. The molecule has 2 aliphatic carbocycles.